The van der Waals surface area contributed by atoms with Gasteiger partial charge in [0, 0.05) is 12.2 Å². The molecule has 1 aliphatic heterocycles. The number of nitrogens with one attached hydrogen (secondary N) is 1. The van der Waals surface area contributed by atoms with Gasteiger partial charge in [-0.1, -0.05) is 17.7 Å². The Labute approximate surface area is 127 Å². The van der Waals surface area contributed by atoms with Crippen LogP contribution in [0, 0.1) is 0 Å². The fourth-order valence-corrected chi connectivity index (χ4v) is 3.03. The second-order valence-electron chi connectivity index (χ2n) is 5.32. The second kappa shape index (κ2) is 5.13. The summed E-state index contributed by atoms with van der Waals surface area (Å²) in [4.78, 5) is 9.22. The molecule has 1 fully saturated rings. The summed E-state index contributed by atoms with van der Waals surface area (Å²) in [5.74, 6) is 0. The van der Waals surface area contributed by atoms with Crippen molar-refractivity contribution in [3.63, 3.8) is 0 Å². The van der Waals surface area contributed by atoms with Crippen LogP contribution >= 0.6 is 11.6 Å². The average molecular weight is 299 g/mol. The maximum absolute atomic E-state index is 6.09. The highest BCUT2D eigenvalue weighted by molar-refractivity contribution is 6.30. The summed E-state index contributed by atoms with van der Waals surface area (Å²) in [6, 6.07) is 10.3. The summed E-state index contributed by atoms with van der Waals surface area (Å²) in [7, 11) is 0. The molecule has 4 rings (SSSR count). The SMILES string of the molecule is Clc1ccc2ncc(-c3cccc([C@@H]4CCCN4)n3)n2c1. The van der Waals surface area contributed by atoms with E-state index in [2.05, 4.69) is 22.4 Å². The topological polar surface area (TPSA) is 42.2 Å². The number of nitrogens with zero attached hydrogens (tertiary/aromatic N) is 3. The van der Waals surface area contributed by atoms with Crippen LogP contribution in [0.2, 0.25) is 5.02 Å². The van der Waals surface area contributed by atoms with E-state index in [1.54, 1.807) is 0 Å². The summed E-state index contributed by atoms with van der Waals surface area (Å²) in [5.41, 5.74) is 3.87. The fraction of sp³-hybridized carbons (Fsp3) is 0.250. The zero-order valence-corrected chi connectivity index (χ0v) is 12.2. The molecule has 0 amide bonds. The van der Waals surface area contributed by atoms with Crippen molar-refractivity contribution in [1.82, 2.24) is 19.7 Å². The standard InChI is InChI=1S/C16H15ClN4/c17-11-6-7-16-19-9-15(21(16)10-11)14-4-1-3-13(20-14)12-5-2-8-18-12/h1,3-4,6-7,9-10,12,18H,2,5,8H2/t12-/m0/s1. The first-order chi connectivity index (χ1) is 10.3. The largest absolute Gasteiger partial charge is 0.309 e. The quantitative estimate of drug-likeness (QED) is 0.787. The van der Waals surface area contributed by atoms with Gasteiger partial charge in [0.1, 0.15) is 5.65 Å². The Kier molecular flexibility index (Phi) is 3.13. The van der Waals surface area contributed by atoms with E-state index in [1.807, 2.05) is 35.0 Å². The lowest BCUT2D eigenvalue weighted by molar-refractivity contribution is 0.628. The predicted octanol–water partition coefficient (Wildman–Crippen LogP) is 3.47. The molecule has 0 spiro atoms. The van der Waals surface area contributed by atoms with Crippen molar-refractivity contribution in [2.24, 2.45) is 0 Å². The molecule has 106 valence electrons. The molecular formula is C16H15ClN4. The first kappa shape index (κ1) is 12.8. The minimum Gasteiger partial charge on any atom is -0.309 e. The molecule has 1 aliphatic rings. The number of fused-ring (bicyclic) bond motifs is 1. The van der Waals surface area contributed by atoms with Crippen LogP contribution in [0.1, 0.15) is 24.6 Å². The molecule has 21 heavy (non-hydrogen) atoms. The lowest BCUT2D eigenvalue weighted by Gasteiger charge is -2.11. The van der Waals surface area contributed by atoms with Gasteiger partial charge in [-0.15, -0.1) is 0 Å². The zero-order chi connectivity index (χ0) is 14.2. The molecule has 0 unspecified atom stereocenters. The third-order valence-electron chi connectivity index (χ3n) is 3.92. The van der Waals surface area contributed by atoms with Gasteiger partial charge >= 0.3 is 0 Å². The lowest BCUT2D eigenvalue weighted by Crippen LogP contribution is -2.14. The van der Waals surface area contributed by atoms with Crippen LogP contribution in [0.25, 0.3) is 17.0 Å². The molecule has 1 saturated heterocycles. The van der Waals surface area contributed by atoms with Crippen molar-refractivity contribution < 1.29 is 0 Å². The number of pyridine rings is 2. The van der Waals surface area contributed by atoms with Gasteiger partial charge in [-0.3, -0.25) is 4.40 Å². The molecule has 1 atom stereocenters. The first-order valence-electron chi connectivity index (χ1n) is 7.14. The van der Waals surface area contributed by atoms with Gasteiger partial charge in [-0.2, -0.15) is 0 Å². The van der Waals surface area contributed by atoms with E-state index >= 15 is 0 Å². The zero-order valence-electron chi connectivity index (χ0n) is 11.5. The van der Waals surface area contributed by atoms with Crippen LogP contribution in [0.5, 0.6) is 0 Å². The van der Waals surface area contributed by atoms with E-state index in [0.717, 1.165) is 35.7 Å². The summed E-state index contributed by atoms with van der Waals surface area (Å²) < 4.78 is 1.98. The molecule has 3 aromatic heterocycles. The van der Waals surface area contributed by atoms with Gasteiger partial charge in [0.25, 0.3) is 0 Å². The molecule has 0 saturated carbocycles. The van der Waals surface area contributed by atoms with E-state index < -0.39 is 0 Å². The fourth-order valence-electron chi connectivity index (χ4n) is 2.87. The van der Waals surface area contributed by atoms with Crippen LogP contribution < -0.4 is 5.32 Å². The molecule has 5 heteroatoms. The van der Waals surface area contributed by atoms with E-state index in [1.165, 1.54) is 6.42 Å². The van der Waals surface area contributed by atoms with Gasteiger partial charge in [-0.05, 0) is 43.7 Å². The molecule has 0 aromatic carbocycles. The maximum Gasteiger partial charge on any atom is 0.137 e. The highest BCUT2D eigenvalue weighted by Crippen LogP contribution is 2.25. The molecule has 0 aliphatic carbocycles. The lowest BCUT2D eigenvalue weighted by atomic mass is 10.1. The van der Waals surface area contributed by atoms with E-state index in [9.17, 15) is 0 Å². The number of imidazole rings is 1. The Balaban J connectivity index is 1.81. The molecule has 3 aromatic rings. The monoisotopic (exact) mass is 298 g/mol. The van der Waals surface area contributed by atoms with Crippen LogP contribution in [0.15, 0.2) is 42.7 Å². The van der Waals surface area contributed by atoms with E-state index in [-0.39, 0.29) is 0 Å². The molecule has 0 bridgehead atoms. The smallest absolute Gasteiger partial charge is 0.137 e. The summed E-state index contributed by atoms with van der Waals surface area (Å²) in [5, 5.41) is 4.18. The summed E-state index contributed by atoms with van der Waals surface area (Å²) in [6.07, 6.45) is 6.08. The molecular weight excluding hydrogens is 284 g/mol. The minimum absolute atomic E-state index is 0.368. The van der Waals surface area contributed by atoms with Gasteiger partial charge in [0.05, 0.1) is 28.3 Å². The van der Waals surface area contributed by atoms with Crippen molar-refractivity contribution in [1.29, 1.82) is 0 Å². The number of halogens is 1. The number of aromatic nitrogens is 3. The van der Waals surface area contributed by atoms with Gasteiger partial charge < -0.3 is 5.32 Å². The highest BCUT2D eigenvalue weighted by Gasteiger charge is 2.18. The van der Waals surface area contributed by atoms with Crippen molar-refractivity contribution in [3.05, 3.63) is 53.4 Å². The maximum atomic E-state index is 6.09. The molecule has 0 radical (unpaired) electrons. The van der Waals surface area contributed by atoms with Crippen molar-refractivity contribution in [3.8, 4) is 11.4 Å². The average Bonchev–Trinajstić information content (AvgIpc) is 3.16. The van der Waals surface area contributed by atoms with Crippen molar-refractivity contribution >= 4 is 17.2 Å². The number of rotatable bonds is 2. The Morgan fingerprint density at radius 1 is 1.24 bits per heavy atom. The predicted molar refractivity (Wildman–Crippen MR) is 83.4 cm³/mol. The van der Waals surface area contributed by atoms with Crippen LogP contribution in [0.3, 0.4) is 0 Å². The highest BCUT2D eigenvalue weighted by atomic mass is 35.5. The summed E-state index contributed by atoms with van der Waals surface area (Å²) in [6.45, 7) is 1.07. The molecule has 4 heterocycles. The van der Waals surface area contributed by atoms with Gasteiger partial charge in [0.2, 0.25) is 0 Å². The van der Waals surface area contributed by atoms with E-state index in [0.29, 0.717) is 11.1 Å². The first-order valence-corrected chi connectivity index (χ1v) is 7.52. The second-order valence-corrected chi connectivity index (χ2v) is 5.75. The van der Waals surface area contributed by atoms with Crippen LogP contribution in [0.4, 0.5) is 0 Å². The minimum atomic E-state index is 0.368. The third kappa shape index (κ3) is 2.30. The van der Waals surface area contributed by atoms with Gasteiger partial charge in [0.15, 0.2) is 0 Å². The van der Waals surface area contributed by atoms with E-state index in [4.69, 9.17) is 16.6 Å². The van der Waals surface area contributed by atoms with Gasteiger partial charge in [-0.25, -0.2) is 9.97 Å². The van der Waals surface area contributed by atoms with Crippen molar-refractivity contribution in [2.45, 2.75) is 18.9 Å². The third-order valence-corrected chi connectivity index (χ3v) is 4.14. The molecule has 1 N–H and O–H groups in total. The Bertz CT molecular complexity index is 790. The molecule has 4 nitrogen and oxygen atoms in total. The number of hydrogen-bond donors (Lipinski definition) is 1. The Morgan fingerprint density at radius 2 is 2.19 bits per heavy atom. The normalized spacial score (nSPS) is 18.4. The Hall–Kier alpha value is -1.91. The Morgan fingerprint density at radius 3 is 3.05 bits per heavy atom. The van der Waals surface area contributed by atoms with Crippen LogP contribution in [-0.4, -0.2) is 20.9 Å². The van der Waals surface area contributed by atoms with Crippen LogP contribution in [-0.2, 0) is 0 Å². The number of hydrogen-bond acceptors (Lipinski definition) is 3. The summed E-state index contributed by atoms with van der Waals surface area (Å²) >= 11 is 6.09. The van der Waals surface area contributed by atoms with Crippen molar-refractivity contribution in [2.75, 3.05) is 6.54 Å².